The average Bonchev–Trinajstić information content (AvgIpc) is 2.64. The molecular formula is C17H13N3O4. The third kappa shape index (κ3) is 2.45. The van der Waals surface area contributed by atoms with E-state index in [1.54, 1.807) is 42.5 Å². The first kappa shape index (κ1) is 14.3. The third-order valence-corrected chi connectivity index (χ3v) is 3.69. The minimum Gasteiger partial charge on any atom is -0.486 e. The number of fused-ring (bicyclic) bond motifs is 2. The predicted octanol–water partition coefficient (Wildman–Crippen LogP) is 1.55. The van der Waals surface area contributed by atoms with E-state index < -0.39 is 5.91 Å². The Labute approximate surface area is 136 Å². The van der Waals surface area contributed by atoms with Gasteiger partial charge in [0, 0.05) is 5.56 Å². The van der Waals surface area contributed by atoms with Crippen molar-refractivity contribution >= 4 is 16.8 Å². The lowest BCUT2D eigenvalue weighted by Crippen LogP contribution is -2.33. The number of benzene rings is 2. The molecule has 1 aliphatic heterocycles. The number of hydrogen-bond acceptors (Lipinski definition) is 5. The molecule has 0 bridgehead atoms. The van der Waals surface area contributed by atoms with Gasteiger partial charge in [-0.3, -0.25) is 15.0 Å². The van der Waals surface area contributed by atoms with Crippen LogP contribution in [-0.2, 0) is 0 Å². The van der Waals surface area contributed by atoms with E-state index in [1.165, 1.54) is 6.33 Å². The Balaban J connectivity index is 1.65. The van der Waals surface area contributed by atoms with Crippen molar-refractivity contribution in [2.45, 2.75) is 0 Å². The van der Waals surface area contributed by atoms with Gasteiger partial charge in [-0.2, -0.15) is 0 Å². The van der Waals surface area contributed by atoms with Crippen molar-refractivity contribution in [1.82, 2.24) is 9.66 Å². The van der Waals surface area contributed by atoms with Crippen LogP contribution in [0.2, 0.25) is 0 Å². The molecule has 4 rings (SSSR count). The van der Waals surface area contributed by atoms with Gasteiger partial charge in [0.2, 0.25) is 0 Å². The molecule has 0 saturated heterocycles. The minimum atomic E-state index is -0.439. The summed E-state index contributed by atoms with van der Waals surface area (Å²) in [5, 5.41) is 0.433. The van der Waals surface area contributed by atoms with Gasteiger partial charge in [-0.15, -0.1) is 0 Å². The first-order valence-corrected chi connectivity index (χ1v) is 7.40. The summed E-state index contributed by atoms with van der Waals surface area (Å²) in [7, 11) is 0. The molecule has 2 aromatic carbocycles. The van der Waals surface area contributed by atoms with E-state index in [-0.39, 0.29) is 5.56 Å². The highest BCUT2D eigenvalue weighted by Gasteiger charge is 2.15. The number of amides is 1. The fraction of sp³-hybridized carbons (Fsp3) is 0.118. The van der Waals surface area contributed by atoms with Gasteiger partial charge >= 0.3 is 0 Å². The minimum absolute atomic E-state index is 0.341. The second-order valence-corrected chi connectivity index (χ2v) is 5.24. The number of nitrogens with zero attached hydrogens (tertiary/aromatic N) is 2. The highest BCUT2D eigenvalue weighted by atomic mass is 16.6. The Morgan fingerprint density at radius 1 is 1.08 bits per heavy atom. The van der Waals surface area contributed by atoms with Crippen molar-refractivity contribution in [3.63, 3.8) is 0 Å². The van der Waals surface area contributed by atoms with Gasteiger partial charge in [0.15, 0.2) is 11.5 Å². The summed E-state index contributed by atoms with van der Waals surface area (Å²) in [5.41, 5.74) is 3.13. The summed E-state index contributed by atoms with van der Waals surface area (Å²) in [4.78, 5) is 28.9. The van der Waals surface area contributed by atoms with Gasteiger partial charge in [-0.1, -0.05) is 12.1 Å². The number of aromatic nitrogens is 2. The lowest BCUT2D eigenvalue weighted by Gasteiger charge is -2.18. The Morgan fingerprint density at radius 3 is 2.75 bits per heavy atom. The zero-order chi connectivity index (χ0) is 16.5. The van der Waals surface area contributed by atoms with Crippen LogP contribution in [0.5, 0.6) is 11.5 Å². The molecule has 0 saturated carbocycles. The Morgan fingerprint density at radius 2 is 1.88 bits per heavy atom. The largest absolute Gasteiger partial charge is 0.486 e. The smallest absolute Gasteiger partial charge is 0.280 e. The number of rotatable bonds is 2. The highest BCUT2D eigenvalue weighted by molar-refractivity contribution is 6.00. The van der Waals surface area contributed by atoms with Crippen LogP contribution >= 0.6 is 0 Å². The first-order chi connectivity index (χ1) is 11.7. The van der Waals surface area contributed by atoms with E-state index >= 15 is 0 Å². The number of para-hydroxylation sites is 1. The van der Waals surface area contributed by atoms with Crippen molar-refractivity contribution in [2.24, 2.45) is 0 Å². The molecule has 0 radical (unpaired) electrons. The maximum absolute atomic E-state index is 12.4. The molecule has 1 amide bonds. The molecule has 120 valence electrons. The van der Waals surface area contributed by atoms with Crippen molar-refractivity contribution < 1.29 is 14.3 Å². The van der Waals surface area contributed by atoms with Gasteiger partial charge in [-0.25, -0.2) is 9.66 Å². The SMILES string of the molecule is O=C(Nn1cnc2ccccc2c1=O)c1ccc2c(c1)OCCO2. The molecule has 0 unspecified atom stereocenters. The van der Waals surface area contributed by atoms with Crippen molar-refractivity contribution in [1.29, 1.82) is 0 Å². The highest BCUT2D eigenvalue weighted by Crippen LogP contribution is 2.30. The van der Waals surface area contributed by atoms with E-state index in [9.17, 15) is 9.59 Å². The molecule has 24 heavy (non-hydrogen) atoms. The van der Waals surface area contributed by atoms with Crippen LogP contribution in [0.4, 0.5) is 0 Å². The van der Waals surface area contributed by atoms with Gasteiger partial charge in [-0.05, 0) is 30.3 Å². The molecule has 1 N–H and O–H groups in total. The van der Waals surface area contributed by atoms with Gasteiger partial charge < -0.3 is 9.47 Å². The maximum atomic E-state index is 12.4. The molecular weight excluding hydrogens is 310 g/mol. The quantitative estimate of drug-likeness (QED) is 0.774. The number of ether oxygens (including phenoxy) is 2. The fourth-order valence-corrected chi connectivity index (χ4v) is 2.51. The molecule has 0 spiro atoms. The summed E-state index contributed by atoms with van der Waals surface area (Å²) in [6.07, 6.45) is 1.29. The van der Waals surface area contributed by atoms with Crippen LogP contribution in [0, 0.1) is 0 Å². The summed E-state index contributed by atoms with van der Waals surface area (Å²) >= 11 is 0. The predicted molar refractivity (Wildman–Crippen MR) is 87.1 cm³/mol. The van der Waals surface area contributed by atoms with E-state index in [2.05, 4.69) is 10.4 Å². The van der Waals surface area contributed by atoms with Crippen molar-refractivity contribution in [3.05, 3.63) is 64.7 Å². The molecule has 0 atom stereocenters. The topological polar surface area (TPSA) is 82.5 Å². The van der Waals surface area contributed by atoms with E-state index in [0.29, 0.717) is 41.2 Å². The second kappa shape index (κ2) is 5.69. The monoisotopic (exact) mass is 323 g/mol. The number of carbonyl (C=O) groups is 1. The molecule has 0 aliphatic carbocycles. The number of nitrogens with one attached hydrogen (secondary N) is 1. The summed E-state index contributed by atoms with van der Waals surface area (Å²) in [6.45, 7) is 0.919. The average molecular weight is 323 g/mol. The third-order valence-electron chi connectivity index (χ3n) is 3.69. The zero-order valence-corrected chi connectivity index (χ0v) is 12.6. The van der Waals surface area contributed by atoms with Gasteiger partial charge in [0.1, 0.15) is 19.5 Å². The maximum Gasteiger partial charge on any atom is 0.280 e. The van der Waals surface area contributed by atoms with Crippen LogP contribution in [0.15, 0.2) is 53.6 Å². The molecule has 1 aliphatic rings. The van der Waals surface area contributed by atoms with E-state index in [1.807, 2.05) is 0 Å². The van der Waals surface area contributed by atoms with Crippen LogP contribution < -0.4 is 20.5 Å². The normalized spacial score (nSPS) is 12.8. The van der Waals surface area contributed by atoms with E-state index in [4.69, 9.17) is 9.47 Å². The van der Waals surface area contributed by atoms with Crippen molar-refractivity contribution in [3.8, 4) is 11.5 Å². The number of carbonyl (C=O) groups excluding carboxylic acids is 1. The van der Waals surface area contributed by atoms with Crippen molar-refractivity contribution in [2.75, 3.05) is 18.6 Å². The Bertz CT molecular complexity index is 997. The van der Waals surface area contributed by atoms with Gasteiger partial charge in [0.05, 0.1) is 10.9 Å². The van der Waals surface area contributed by atoms with Crippen LogP contribution in [0.25, 0.3) is 10.9 Å². The number of hydrogen-bond donors (Lipinski definition) is 1. The van der Waals surface area contributed by atoms with Gasteiger partial charge in [0.25, 0.3) is 11.5 Å². The fourth-order valence-electron chi connectivity index (χ4n) is 2.51. The molecule has 7 nitrogen and oxygen atoms in total. The lowest BCUT2D eigenvalue weighted by molar-refractivity contribution is 0.101. The zero-order valence-electron chi connectivity index (χ0n) is 12.6. The summed E-state index contributed by atoms with van der Waals surface area (Å²) in [6, 6.07) is 11.8. The Hall–Kier alpha value is -3.35. The van der Waals surface area contributed by atoms with Crippen LogP contribution in [-0.4, -0.2) is 28.8 Å². The Kier molecular flexibility index (Phi) is 3.38. The standard InChI is InChI=1S/C17H13N3O4/c21-16(11-5-6-14-15(9-11)24-8-7-23-14)19-20-10-18-13-4-2-1-3-12(13)17(20)22/h1-6,9-10H,7-8H2,(H,19,21). The first-order valence-electron chi connectivity index (χ1n) is 7.40. The van der Waals surface area contributed by atoms with E-state index in [0.717, 1.165) is 4.68 Å². The lowest BCUT2D eigenvalue weighted by atomic mass is 10.2. The van der Waals surface area contributed by atoms with Crippen LogP contribution in [0.3, 0.4) is 0 Å². The van der Waals surface area contributed by atoms with Crippen LogP contribution in [0.1, 0.15) is 10.4 Å². The molecule has 7 heteroatoms. The second-order valence-electron chi connectivity index (χ2n) is 5.24. The molecule has 1 aromatic heterocycles. The summed E-state index contributed by atoms with van der Waals surface area (Å²) < 4.78 is 12.0. The molecule has 0 fully saturated rings. The molecule has 2 heterocycles. The summed E-state index contributed by atoms with van der Waals surface area (Å²) in [5.74, 6) is 0.673. The molecule has 3 aromatic rings.